The van der Waals surface area contributed by atoms with Gasteiger partial charge in [-0.15, -0.1) is 0 Å². The molecular formula is C12H13NO3. The van der Waals surface area contributed by atoms with E-state index in [9.17, 15) is 4.79 Å². The summed E-state index contributed by atoms with van der Waals surface area (Å²) in [6, 6.07) is 5.13. The van der Waals surface area contributed by atoms with Crippen LogP contribution >= 0.6 is 0 Å². The van der Waals surface area contributed by atoms with Crippen LogP contribution in [0.25, 0.3) is 0 Å². The predicted octanol–water partition coefficient (Wildman–Crippen LogP) is 1.40. The van der Waals surface area contributed by atoms with Gasteiger partial charge in [0.15, 0.2) is 0 Å². The van der Waals surface area contributed by atoms with Gasteiger partial charge in [-0.3, -0.25) is 0 Å². The highest BCUT2D eigenvalue weighted by atomic mass is 16.5. The number of nitriles is 1. The zero-order chi connectivity index (χ0) is 12.1. The van der Waals surface area contributed by atoms with Gasteiger partial charge in [-0.05, 0) is 29.7 Å². The topological polar surface area (TPSA) is 70.3 Å². The average Bonchev–Trinajstić information content (AvgIpc) is 2.35. The monoisotopic (exact) mass is 219 g/mol. The number of aliphatic hydroxyl groups excluding tert-OH is 1. The quantitative estimate of drug-likeness (QED) is 0.780. The first-order valence-electron chi connectivity index (χ1n) is 4.93. The molecular weight excluding hydrogens is 206 g/mol. The summed E-state index contributed by atoms with van der Waals surface area (Å²) in [5.74, 6) is -0.448. The number of hydrogen-bond donors (Lipinski definition) is 1. The molecule has 1 aromatic carbocycles. The van der Waals surface area contributed by atoms with Gasteiger partial charge in [0.25, 0.3) is 0 Å². The van der Waals surface area contributed by atoms with Crippen LogP contribution in [0, 0.1) is 11.3 Å². The normalized spacial score (nSPS) is 9.62. The fourth-order valence-corrected chi connectivity index (χ4v) is 1.52. The number of nitrogens with zero attached hydrogens (tertiary/aromatic N) is 1. The number of esters is 1. The largest absolute Gasteiger partial charge is 0.465 e. The van der Waals surface area contributed by atoms with E-state index in [-0.39, 0.29) is 6.61 Å². The van der Waals surface area contributed by atoms with E-state index in [0.29, 0.717) is 23.1 Å². The molecule has 0 saturated heterocycles. The maximum absolute atomic E-state index is 11.5. The van der Waals surface area contributed by atoms with E-state index in [1.165, 1.54) is 13.2 Å². The highest BCUT2D eigenvalue weighted by Crippen LogP contribution is 2.18. The van der Waals surface area contributed by atoms with Crippen molar-refractivity contribution in [3.63, 3.8) is 0 Å². The first-order chi connectivity index (χ1) is 7.67. The molecule has 0 aromatic heterocycles. The fraction of sp³-hybridized carbons (Fsp3) is 0.333. The third-order valence-corrected chi connectivity index (χ3v) is 2.41. The number of benzene rings is 1. The minimum absolute atomic E-state index is 0.267. The van der Waals surface area contributed by atoms with Crippen LogP contribution in [-0.4, -0.2) is 18.2 Å². The second-order valence-electron chi connectivity index (χ2n) is 3.28. The van der Waals surface area contributed by atoms with E-state index in [2.05, 4.69) is 4.74 Å². The molecule has 0 amide bonds. The number of carbonyl (C=O) groups excluding carboxylic acids is 1. The summed E-state index contributed by atoms with van der Waals surface area (Å²) in [4.78, 5) is 11.5. The van der Waals surface area contributed by atoms with Gasteiger partial charge in [0.2, 0.25) is 0 Å². The summed E-state index contributed by atoms with van der Waals surface area (Å²) < 4.78 is 4.65. The van der Waals surface area contributed by atoms with Crippen molar-refractivity contribution >= 4 is 5.97 Å². The van der Waals surface area contributed by atoms with Crippen LogP contribution in [0.5, 0.6) is 0 Å². The lowest BCUT2D eigenvalue weighted by molar-refractivity contribution is 0.0599. The fourth-order valence-electron chi connectivity index (χ4n) is 1.52. The molecule has 0 spiro atoms. The molecule has 1 aromatic rings. The zero-order valence-corrected chi connectivity index (χ0v) is 9.28. The maximum Gasteiger partial charge on any atom is 0.338 e. The Labute approximate surface area is 94.1 Å². The maximum atomic E-state index is 11.5. The van der Waals surface area contributed by atoms with Crippen LogP contribution in [-0.2, 0) is 17.8 Å². The van der Waals surface area contributed by atoms with Gasteiger partial charge in [-0.25, -0.2) is 4.79 Å². The Kier molecular flexibility index (Phi) is 4.03. The number of aryl methyl sites for hydroxylation is 1. The van der Waals surface area contributed by atoms with Crippen LogP contribution in [0.15, 0.2) is 12.1 Å². The summed E-state index contributed by atoms with van der Waals surface area (Å²) in [6.45, 7) is 1.62. The van der Waals surface area contributed by atoms with Crippen molar-refractivity contribution in [2.75, 3.05) is 7.11 Å². The van der Waals surface area contributed by atoms with Gasteiger partial charge in [0.05, 0.1) is 30.9 Å². The molecule has 0 aliphatic heterocycles. The molecule has 16 heavy (non-hydrogen) atoms. The first kappa shape index (κ1) is 12.2. The lowest BCUT2D eigenvalue weighted by Crippen LogP contribution is -2.07. The highest BCUT2D eigenvalue weighted by Gasteiger charge is 2.14. The number of ether oxygens (including phenoxy) is 1. The van der Waals surface area contributed by atoms with Crippen LogP contribution in [0.4, 0.5) is 0 Å². The molecule has 0 saturated carbocycles. The van der Waals surface area contributed by atoms with Crippen molar-refractivity contribution in [1.82, 2.24) is 0 Å². The Bertz CT molecular complexity index is 446. The van der Waals surface area contributed by atoms with Gasteiger partial charge in [0.1, 0.15) is 0 Å². The molecule has 4 heteroatoms. The van der Waals surface area contributed by atoms with Crippen molar-refractivity contribution in [1.29, 1.82) is 5.26 Å². The Morgan fingerprint density at radius 2 is 2.19 bits per heavy atom. The number of hydrogen-bond acceptors (Lipinski definition) is 4. The van der Waals surface area contributed by atoms with E-state index in [0.717, 1.165) is 5.56 Å². The molecule has 0 atom stereocenters. The predicted molar refractivity (Wildman–Crippen MR) is 57.8 cm³/mol. The second-order valence-corrected chi connectivity index (χ2v) is 3.28. The second kappa shape index (κ2) is 5.29. The van der Waals surface area contributed by atoms with E-state index < -0.39 is 5.97 Å². The molecule has 4 nitrogen and oxygen atoms in total. The van der Waals surface area contributed by atoms with Crippen molar-refractivity contribution in [2.24, 2.45) is 0 Å². The molecule has 0 fully saturated rings. The van der Waals surface area contributed by atoms with Gasteiger partial charge in [-0.1, -0.05) is 6.92 Å². The Morgan fingerprint density at radius 3 is 2.62 bits per heavy atom. The van der Waals surface area contributed by atoms with Crippen LogP contribution in [0.1, 0.15) is 34.0 Å². The van der Waals surface area contributed by atoms with E-state index >= 15 is 0 Å². The van der Waals surface area contributed by atoms with Gasteiger partial charge in [-0.2, -0.15) is 5.26 Å². The van der Waals surface area contributed by atoms with E-state index in [1.54, 1.807) is 6.07 Å². The molecule has 0 radical (unpaired) electrons. The first-order valence-corrected chi connectivity index (χ1v) is 4.93. The highest BCUT2D eigenvalue weighted by molar-refractivity contribution is 5.91. The van der Waals surface area contributed by atoms with Crippen LogP contribution < -0.4 is 0 Å². The minimum Gasteiger partial charge on any atom is -0.465 e. The number of aliphatic hydroxyl groups is 1. The Balaban J connectivity index is 3.38. The minimum atomic E-state index is -0.448. The molecule has 1 N–H and O–H groups in total. The third kappa shape index (κ3) is 2.20. The summed E-state index contributed by atoms with van der Waals surface area (Å²) >= 11 is 0. The molecule has 0 unspecified atom stereocenters. The molecule has 0 bridgehead atoms. The molecule has 0 heterocycles. The Hall–Kier alpha value is -1.86. The third-order valence-electron chi connectivity index (χ3n) is 2.41. The zero-order valence-electron chi connectivity index (χ0n) is 9.28. The smallest absolute Gasteiger partial charge is 0.338 e. The Morgan fingerprint density at radius 1 is 1.50 bits per heavy atom. The standard InChI is InChI=1S/C12H13NO3/c1-3-8-4-9(6-13)10(7-14)5-11(8)12(15)16-2/h4-5,14H,3,7H2,1-2H3. The van der Waals surface area contributed by atoms with Crippen LogP contribution in [0.3, 0.4) is 0 Å². The van der Waals surface area contributed by atoms with E-state index in [1.807, 2.05) is 13.0 Å². The molecule has 0 aliphatic carbocycles. The summed E-state index contributed by atoms with van der Waals surface area (Å²) in [5, 5.41) is 18.0. The van der Waals surface area contributed by atoms with Gasteiger partial charge < -0.3 is 9.84 Å². The van der Waals surface area contributed by atoms with Crippen molar-refractivity contribution in [2.45, 2.75) is 20.0 Å². The number of rotatable bonds is 3. The van der Waals surface area contributed by atoms with Gasteiger partial charge >= 0.3 is 5.97 Å². The SMILES string of the molecule is CCc1cc(C#N)c(CO)cc1C(=O)OC. The van der Waals surface area contributed by atoms with E-state index in [4.69, 9.17) is 10.4 Å². The van der Waals surface area contributed by atoms with Crippen molar-refractivity contribution in [3.8, 4) is 6.07 Å². The summed E-state index contributed by atoms with van der Waals surface area (Å²) in [6.07, 6.45) is 0.630. The van der Waals surface area contributed by atoms with Crippen molar-refractivity contribution < 1.29 is 14.6 Å². The molecule has 1 rings (SSSR count). The lowest BCUT2D eigenvalue weighted by atomic mass is 9.97. The van der Waals surface area contributed by atoms with Crippen molar-refractivity contribution in [3.05, 3.63) is 34.4 Å². The molecule has 0 aliphatic rings. The molecule has 84 valence electrons. The number of carbonyl (C=O) groups is 1. The number of methoxy groups -OCH3 is 1. The van der Waals surface area contributed by atoms with Crippen LogP contribution in [0.2, 0.25) is 0 Å². The summed E-state index contributed by atoms with van der Waals surface area (Å²) in [5.41, 5.74) is 2.00. The average molecular weight is 219 g/mol. The lowest BCUT2D eigenvalue weighted by Gasteiger charge is -2.09. The summed E-state index contributed by atoms with van der Waals surface area (Å²) in [7, 11) is 1.30. The van der Waals surface area contributed by atoms with Gasteiger partial charge in [0, 0.05) is 0 Å².